The van der Waals surface area contributed by atoms with Gasteiger partial charge in [0.2, 0.25) is 5.91 Å². The minimum atomic E-state index is -0.128. The third-order valence-electron chi connectivity index (χ3n) is 4.84. The Morgan fingerprint density at radius 2 is 2.14 bits per heavy atom. The number of aryl methyl sites for hydroxylation is 1. The van der Waals surface area contributed by atoms with E-state index in [1.165, 1.54) is 18.3 Å². The van der Waals surface area contributed by atoms with Crippen LogP contribution in [0.4, 0.5) is 10.8 Å². The fourth-order valence-electron chi connectivity index (χ4n) is 3.65. The minimum absolute atomic E-state index is 0.128. The van der Waals surface area contributed by atoms with E-state index in [1.807, 2.05) is 47.3 Å². The second kappa shape index (κ2) is 6.82. The van der Waals surface area contributed by atoms with Crippen LogP contribution in [0.1, 0.15) is 18.2 Å². The molecule has 1 amide bonds. The Kier molecular flexibility index (Phi) is 4.13. The molecular formula is C21H18N6OS. The van der Waals surface area contributed by atoms with Crippen LogP contribution in [0.25, 0.3) is 27.5 Å². The molecule has 0 saturated heterocycles. The molecule has 5 rings (SSSR count). The third-order valence-corrected chi connectivity index (χ3v) is 5.86. The van der Waals surface area contributed by atoms with E-state index in [2.05, 4.69) is 15.3 Å². The van der Waals surface area contributed by atoms with E-state index in [-0.39, 0.29) is 5.91 Å². The number of nitrogens with zero attached hydrogens (tertiary/aromatic N) is 4. The number of hydrogen-bond donors (Lipinski definition) is 2. The van der Waals surface area contributed by atoms with E-state index < -0.39 is 0 Å². The Balaban J connectivity index is 1.75. The molecule has 0 bridgehead atoms. The van der Waals surface area contributed by atoms with Gasteiger partial charge in [-0.15, -0.1) is 0 Å². The van der Waals surface area contributed by atoms with Gasteiger partial charge < -0.3 is 11.1 Å². The van der Waals surface area contributed by atoms with Gasteiger partial charge in [0.1, 0.15) is 0 Å². The molecule has 8 heteroatoms. The van der Waals surface area contributed by atoms with Gasteiger partial charge in [-0.3, -0.25) is 9.78 Å². The van der Waals surface area contributed by atoms with Crippen molar-refractivity contribution in [3.8, 4) is 27.5 Å². The highest BCUT2D eigenvalue weighted by molar-refractivity contribution is 7.19. The van der Waals surface area contributed by atoms with Gasteiger partial charge in [-0.05, 0) is 43.2 Å². The van der Waals surface area contributed by atoms with E-state index in [1.54, 1.807) is 6.20 Å². The summed E-state index contributed by atoms with van der Waals surface area (Å²) in [5.74, 6) is -0.128. The predicted octanol–water partition coefficient (Wildman–Crippen LogP) is 3.70. The number of rotatable bonds is 3. The van der Waals surface area contributed by atoms with Crippen molar-refractivity contribution in [3.63, 3.8) is 0 Å². The fraction of sp³-hybridized carbons (Fsp3) is 0.143. The highest BCUT2D eigenvalue weighted by atomic mass is 32.1. The predicted molar refractivity (Wildman–Crippen MR) is 114 cm³/mol. The number of nitrogen functional groups attached to an aromatic ring is 1. The highest BCUT2D eigenvalue weighted by Gasteiger charge is 2.29. The standard InChI is InChI=1S/C21H18N6OS/c1-12(28)24-21-25-17-8-7-16-18(13-4-3-9-23-11-13)26-27(19(16)20(17)29-21)15-6-2-5-14(22)10-15/h2-6,9-11H,7-8,22H2,1H3,(H,24,25,28). The summed E-state index contributed by atoms with van der Waals surface area (Å²) in [6.45, 7) is 1.49. The first-order valence-corrected chi connectivity index (χ1v) is 10.1. The average molecular weight is 402 g/mol. The van der Waals surface area contributed by atoms with Crippen molar-refractivity contribution in [2.45, 2.75) is 19.8 Å². The van der Waals surface area contributed by atoms with Crippen molar-refractivity contribution >= 4 is 28.1 Å². The second-order valence-electron chi connectivity index (χ2n) is 6.90. The molecular weight excluding hydrogens is 384 g/mol. The summed E-state index contributed by atoms with van der Waals surface area (Å²) in [6, 6.07) is 11.6. The van der Waals surface area contributed by atoms with Gasteiger partial charge in [0.25, 0.3) is 0 Å². The lowest BCUT2D eigenvalue weighted by Crippen LogP contribution is -2.07. The molecule has 1 aromatic carbocycles. The zero-order chi connectivity index (χ0) is 20.0. The minimum Gasteiger partial charge on any atom is -0.399 e. The van der Waals surface area contributed by atoms with Gasteiger partial charge >= 0.3 is 0 Å². The molecule has 0 spiro atoms. The van der Waals surface area contributed by atoms with Gasteiger partial charge in [-0.2, -0.15) is 5.10 Å². The number of nitrogens with two attached hydrogens (primary N) is 1. The van der Waals surface area contributed by atoms with Crippen molar-refractivity contribution in [2.75, 3.05) is 11.1 Å². The van der Waals surface area contributed by atoms with Gasteiger partial charge in [0.05, 0.1) is 27.6 Å². The second-order valence-corrected chi connectivity index (χ2v) is 7.90. The SMILES string of the molecule is CC(=O)Nc1nc2c(s1)-c1c(c(-c3cccnc3)nn1-c1cccc(N)c1)CC2. The maximum atomic E-state index is 11.5. The molecule has 3 N–H and O–H groups in total. The Morgan fingerprint density at radius 1 is 1.24 bits per heavy atom. The van der Waals surface area contributed by atoms with E-state index in [0.29, 0.717) is 10.8 Å². The number of aromatic nitrogens is 4. The smallest absolute Gasteiger partial charge is 0.223 e. The van der Waals surface area contributed by atoms with Crippen LogP contribution in [-0.4, -0.2) is 25.7 Å². The number of fused-ring (bicyclic) bond motifs is 3. The van der Waals surface area contributed by atoms with Crippen LogP contribution >= 0.6 is 11.3 Å². The monoisotopic (exact) mass is 402 g/mol. The van der Waals surface area contributed by atoms with E-state index in [4.69, 9.17) is 10.8 Å². The summed E-state index contributed by atoms with van der Waals surface area (Å²) in [7, 11) is 0. The van der Waals surface area contributed by atoms with Crippen LogP contribution in [0.3, 0.4) is 0 Å². The van der Waals surface area contributed by atoms with Crippen LogP contribution in [-0.2, 0) is 17.6 Å². The Bertz CT molecular complexity index is 1230. The molecule has 0 radical (unpaired) electrons. The molecule has 29 heavy (non-hydrogen) atoms. The summed E-state index contributed by atoms with van der Waals surface area (Å²) in [5, 5.41) is 8.37. The normalized spacial score (nSPS) is 12.3. The number of thiazole rings is 1. The average Bonchev–Trinajstić information content (AvgIpc) is 3.29. The topological polar surface area (TPSA) is 98.7 Å². The summed E-state index contributed by atoms with van der Waals surface area (Å²) >= 11 is 1.48. The van der Waals surface area contributed by atoms with Gasteiger partial charge in [-0.1, -0.05) is 17.4 Å². The van der Waals surface area contributed by atoms with Crippen molar-refractivity contribution in [1.29, 1.82) is 0 Å². The number of carbonyl (C=O) groups excluding carboxylic acids is 1. The van der Waals surface area contributed by atoms with Gasteiger partial charge in [0.15, 0.2) is 5.13 Å². The molecule has 0 fully saturated rings. The van der Waals surface area contributed by atoms with Crippen molar-refractivity contribution in [3.05, 3.63) is 60.0 Å². The molecule has 0 aliphatic heterocycles. The Hall–Kier alpha value is -3.52. The number of pyridine rings is 1. The molecule has 0 unspecified atom stereocenters. The zero-order valence-corrected chi connectivity index (χ0v) is 16.5. The molecule has 3 heterocycles. The first-order valence-electron chi connectivity index (χ1n) is 9.26. The highest BCUT2D eigenvalue weighted by Crippen LogP contribution is 2.44. The van der Waals surface area contributed by atoms with Crippen molar-refractivity contribution < 1.29 is 4.79 Å². The van der Waals surface area contributed by atoms with E-state index in [9.17, 15) is 4.79 Å². The van der Waals surface area contributed by atoms with Crippen LogP contribution in [0.15, 0.2) is 48.8 Å². The van der Waals surface area contributed by atoms with Crippen molar-refractivity contribution in [1.82, 2.24) is 19.7 Å². The molecule has 1 aliphatic rings. The fourth-order valence-corrected chi connectivity index (χ4v) is 4.77. The summed E-state index contributed by atoms with van der Waals surface area (Å²) < 4.78 is 1.93. The third kappa shape index (κ3) is 3.07. The first kappa shape index (κ1) is 17.6. The van der Waals surface area contributed by atoms with Gasteiger partial charge in [0, 0.05) is 36.1 Å². The number of benzene rings is 1. The maximum absolute atomic E-state index is 11.5. The molecule has 0 atom stereocenters. The van der Waals surface area contributed by atoms with Crippen molar-refractivity contribution in [2.24, 2.45) is 0 Å². The number of amides is 1. The lowest BCUT2D eigenvalue weighted by Gasteiger charge is -2.14. The Labute approximate surface area is 171 Å². The number of hydrogen-bond acceptors (Lipinski definition) is 6. The number of carbonyl (C=O) groups is 1. The molecule has 4 aromatic rings. The molecule has 7 nitrogen and oxygen atoms in total. The van der Waals surface area contributed by atoms with Gasteiger partial charge in [-0.25, -0.2) is 9.67 Å². The van der Waals surface area contributed by atoms with E-state index in [0.717, 1.165) is 51.6 Å². The molecule has 0 saturated carbocycles. The summed E-state index contributed by atoms with van der Waals surface area (Å²) in [4.78, 5) is 21.4. The largest absolute Gasteiger partial charge is 0.399 e. The summed E-state index contributed by atoms with van der Waals surface area (Å²) in [6.07, 6.45) is 5.20. The van der Waals surface area contributed by atoms with Crippen LogP contribution in [0.2, 0.25) is 0 Å². The number of anilines is 2. The van der Waals surface area contributed by atoms with E-state index >= 15 is 0 Å². The van der Waals surface area contributed by atoms with Crippen LogP contribution in [0.5, 0.6) is 0 Å². The maximum Gasteiger partial charge on any atom is 0.223 e. The number of nitrogens with one attached hydrogen (secondary N) is 1. The quantitative estimate of drug-likeness (QED) is 0.509. The van der Waals surface area contributed by atoms with Crippen LogP contribution < -0.4 is 11.1 Å². The molecule has 3 aromatic heterocycles. The van der Waals surface area contributed by atoms with Crippen LogP contribution in [0, 0.1) is 0 Å². The zero-order valence-electron chi connectivity index (χ0n) is 15.7. The summed E-state index contributed by atoms with van der Waals surface area (Å²) in [5.41, 5.74) is 12.6. The molecule has 144 valence electrons. The first-order chi connectivity index (χ1) is 14.1. The Morgan fingerprint density at radius 3 is 2.90 bits per heavy atom. The lowest BCUT2D eigenvalue weighted by molar-refractivity contribution is -0.114. The molecule has 1 aliphatic carbocycles. The lowest BCUT2D eigenvalue weighted by atomic mass is 9.95.